The van der Waals surface area contributed by atoms with Crippen LogP contribution in [0.3, 0.4) is 0 Å². The van der Waals surface area contributed by atoms with Gasteiger partial charge >= 0.3 is 0 Å². The lowest BCUT2D eigenvalue weighted by atomic mass is 9.88. The number of likely N-dealkylation sites (tertiary alicyclic amines) is 1. The molecule has 1 aromatic carbocycles. The number of aryl methyl sites for hydroxylation is 2. The average Bonchev–Trinajstić information content (AvgIpc) is 2.92. The highest BCUT2D eigenvalue weighted by Gasteiger charge is 2.27. The number of ketones is 1. The minimum atomic E-state index is 0.0812. The predicted octanol–water partition coefficient (Wildman–Crippen LogP) is 4.51. The van der Waals surface area contributed by atoms with Crippen molar-refractivity contribution in [3.05, 3.63) is 50.4 Å². The number of hydrogen-bond acceptors (Lipinski definition) is 4. The Morgan fingerprint density at radius 3 is 2.96 bits per heavy atom. The molecule has 3 rings (SSSR count). The monoisotopic (exact) mass is 348 g/mol. The molecule has 0 radical (unpaired) electrons. The Hall–Kier alpha value is -1.23. The second-order valence-electron chi connectivity index (χ2n) is 6.24. The summed E-state index contributed by atoms with van der Waals surface area (Å²) in [5, 5.41) is 1.78. The third kappa shape index (κ3) is 4.00. The molecule has 1 aromatic heterocycles. The number of carbonyl (C=O) groups excluding carboxylic acids is 1. The molecule has 1 aliphatic heterocycles. The molecule has 1 saturated heterocycles. The average molecular weight is 349 g/mol. The highest BCUT2D eigenvalue weighted by Crippen LogP contribution is 2.26. The summed E-state index contributed by atoms with van der Waals surface area (Å²) in [6, 6.07) is 5.55. The third-order valence-corrected chi connectivity index (χ3v) is 5.51. The summed E-state index contributed by atoms with van der Waals surface area (Å²) in [6.07, 6.45) is 3.99. The fourth-order valence-electron chi connectivity index (χ4n) is 3.24. The zero-order valence-corrected chi connectivity index (χ0v) is 15.1. The first-order valence-electron chi connectivity index (χ1n) is 7.97. The van der Waals surface area contributed by atoms with E-state index in [4.69, 9.17) is 11.6 Å². The quantitative estimate of drug-likeness (QED) is 0.762. The van der Waals surface area contributed by atoms with Crippen LogP contribution >= 0.6 is 22.9 Å². The number of rotatable bonds is 4. The highest BCUT2D eigenvalue weighted by atomic mass is 35.5. The highest BCUT2D eigenvalue weighted by molar-refractivity contribution is 7.11. The molecule has 1 atom stereocenters. The van der Waals surface area contributed by atoms with Crippen LogP contribution in [0.1, 0.15) is 38.6 Å². The fourth-order valence-corrected chi connectivity index (χ4v) is 4.30. The van der Waals surface area contributed by atoms with E-state index in [1.165, 1.54) is 4.88 Å². The van der Waals surface area contributed by atoms with E-state index < -0.39 is 0 Å². The van der Waals surface area contributed by atoms with Crippen molar-refractivity contribution in [2.45, 2.75) is 33.2 Å². The van der Waals surface area contributed by atoms with Gasteiger partial charge in [-0.1, -0.05) is 11.6 Å². The van der Waals surface area contributed by atoms with Crippen LogP contribution in [-0.2, 0) is 6.54 Å². The zero-order chi connectivity index (χ0) is 16.4. The molecule has 2 heterocycles. The summed E-state index contributed by atoms with van der Waals surface area (Å²) in [4.78, 5) is 20.8. The van der Waals surface area contributed by atoms with E-state index in [-0.39, 0.29) is 11.7 Å². The van der Waals surface area contributed by atoms with Crippen LogP contribution in [0.5, 0.6) is 0 Å². The Balaban J connectivity index is 1.69. The molecule has 0 unspecified atom stereocenters. The number of thiazole rings is 1. The molecule has 1 aliphatic rings. The van der Waals surface area contributed by atoms with Crippen molar-refractivity contribution in [2.24, 2.45) is 5.92 Å². The summed E-state index contributed by atoms with van der Waals surface area (Å²) in [5.41, 5.74) is 1.78. The van der Waals surface area contributed by atoms with Crippen LogP contribution in [0.2, 0.25) is 5.02 Å². The van der Waals surface area contributed by atoms with E-state index in [1.54, 1.807) is 11.3 Å². The van der Waals surface area contributed by atoms with Crippen LogP contribution in [0, 0.1) is 19.8 Å². The van der Waals surface area contributed by atoms with Crippen molar-refractivity contribution in [3.63, 3.8) is 0 Å². The minimum Gasteiger partial charge on any atom is -0.297 e. The zero-order valence-electron chi connectivity index (χ0n) is 13.5. The number of benzene rings is 1. The second-order valence-corrected chi connectivity index (χ2v) is 8.00. The van der Waals surface area contributed by atoms with Crippen LogP contribution in [0.25, 0.3) is 0 Å². The normalized spacial score (nSPS) is 19.0. The largest absolute Gasteiger partial charge is 0.297 e. The van der Waals surface area contributed by atoms with E-state index in [1.807, 2.05) is 38.2 Å². The molecule has 23 heavy (non-hydrogen) atoms. The van der Waals surface area contributed by atoms with E-state index in [2.05, 4.69) is 9.88 Å². The van der Waals surface area contributed by atoms with Crippen molar-refractivity contribution in [2.75, 3.05) is 13.1 Å². The standard InChI is InChI=1S/C18H21ClN2OS/c1-12-8-15(19)5-6-17(12)18(22)14-4-3-7-21(10-14)11-16-9-20-13(2)23-16/h5-6,8-9,14H,3-4,7,10-11H2,1-2H3/t14-/m0/s1. The van der Waals surface area contributed by atoms with Crippen molar-refractivity contribution >= 4 is 28.7 Å². The molecule has 3 nitrogen and oxygen atoms in total. The minimum absolute atomic E-state index is 0.0812. The maximum atomic E-state index is 12.9. The lowest BCUT2D eigenvalue weighted by Crippen LogP contribution is -2.38. The summed E-state index contributed by atoms with van der Waals surface area (Å²) >= 11 is 7.74. The molecule has 0 saturated carbocycles. The molecule has 0 aliphatic carbocycles. The number of halogens is 1. The summed E-state index contributed by atoms with van der Waals surface area (Å²) in [5.74, 6) is 0.335. The van der Waals surface area contributed by atoms with Crippen LogP contribution < -0.4 is 0 Å². The van der Waals surface area contributed by atoms with Crippen LogP contribution in [0.4, 0.5) is 0 Å². The van der Waals surface area contributed by atoms with Crippen LogP contribution in [0.15, 0.2) is 24.4 Å². The molecule has 1 fully saturated rings. The number of hydrogen-bond donors (Lipinski definition) is 0. The van der Waals surface area contributed by atoms with Gasteiger partial charge in [0.1, 0.15) is 0 Å². The lowest BCUT2D eigenvalue weighted by Gasteiger charge is -2.31. The van der Waals surface area contributed by atoms with Gasteiger partial charge in [0.15, 0.2) is 5.78 Å². The maximum absolute atomic E-state index is 12.9. The first kappa shape index (κ1) is 16.6. The number of carbonyl (C=O) groups is 1. The van der Waals surface area contributed by atoms with Gasteiger partial charge in [-0.2, -0.15) is 0 Å². The Bertz CT molecular complexity index is 713. The van der Waals surface area contributed by atoms with Crippen molar-refractivity contribution in [3.8, 4) is 0 Å². The van der Waals surface area contributed by atoms with Gasteiger partial charge in [-0.05, 0) is 57.0 Å². The van der Waals surface area contributed by atoms with E-state index in [0.717, 1.165) is 48.6 Å². The lowest BCUT2D eigenvalue weighted by molar-refractivity contribution is 0.0812. The molecule has 0 N–H and O–H groups in total. The molecule has 0 amide bonds. The van der Waals surface area contributed by atoms with Crippen LogP contribution in [-0.4, -0.2) is 28.8 Å². The van der Waals surface area contributed by atoms with Gasteiger partial charge in [0.2, 0.25) is 0 Å². The Morgan fingerprint density at radius 2 is 2.26 bits per heavy atom. The molecule has 0 bridgehead atoms. The SMILES string of the molecule is Cc1ncc(CN2CCC[C@H](C(=O)c3ccc(Cl)cc3C)C2)s1. The van der Waals surface area contributed by atoms with Crippen molar-refractivity contribution < 1.29 is 4.79 Å². The van der Waals surface area contributed by atoms with Crippen molar-refractivity contribution in [1.82, 2.24) is 9.88 Å². The van der Waals surface area contributed by atoms with Gasteiger partial charge in [0, 0.05) is 40.7 Å². The first-order chi connectivity index (χ1) is 11.0. The molecular weight excluding hydrogens is 328 g/mol. The van der Waals surface area contributed by atoms with Gasteiger partial charge in [-0.25, -0.2) is 4.98 Å². The van der Waals surface area contributed by atoms with E-state index in [0.29, 0.717) is 5.02 Å². The molecule has 2 aromatic rings. The third-order valence-electron chi connectivity index (χ3n) is 4.38. The molecule has 0 spiro atoms. The predicted molar refractivity (Wildman–Crippen MR) is 95.4 cm³/mol. The topological polar surface area (TPSA) is 33.2 Å². The number of Topliss-reactive ketones (excluding diaryl/α,β-unsaturated/α-hetero) is 1. The Kier molecular flexibility index (Phi) is 5.14. The van der Waals surface area contributed by atoms with Gasteiger partial charge in [-0.3, -0.25) is 9.69 Å². The van der Waals surface area contributed by atoms with Crippen molar-refractivity contribution in [1.29, 1.82) is 0 Å². The number of aromatic nitrogens is 1. The maximum Gasteiger partial charge on any atom is 0.167 e. The molecule has 122 valence electrons. The Labute approximate surface area is 146 Å². The van der Waals surface area contributed by atoms with Gasteiger partial charge in [0.05, 0.1) is 5.01 Å². The van der Waals surface area contributed by atoms with E-state index in [9.17, 15) is 4.79 Å². The number of piperidine rings is 1. The number of nitrogens with zero attached hydrogens (tertiary/aromatic N) is 2. The van der Waals surface area contributed by atoms with Gasteiger partial charge < -0.3 is 0 Å². The fraction of sp³-hybridized carbons (Fsp3) is 0.444. The van der Waals surface area contributed by atoms with E-state index >= 15 is 0 Å². The van der Waals surface area contributed by atoms with Gasteiger partial charge in [0.25, 0.3) is 0 Å². The second kappa shape index (κ2) is 7.12. The summed E-state index contributed by atoms with van der Waals surface area (Å²) in [6.45, 7) is 6.77. The molecular formula is C18H21ClN2OS. The molecule has 5 heteroatoms. The summed E-state index contributed by atoms with van der Waals surface area (Å²) < 4.78 is 0. The summed E-state index contributed by atoms with van der Waals surface area (Å²) in [7, 11) is 0. The Morgan fingerprint density at radius 1 is 1.43 bits per heavy atom. The smallest absolute Gasteiger partial charge is 0.167 e. The van der Waals surface area contributed by atoms with Gasteiger partial charge in [-0.15, -0.1) is 11.3 Å². The first-order valence-corrected chi connectivity index (χ1v) is 9.16.